The van der Waals surface area contributed by atoms with Crippen LogP contribution in [0.25, 0.3) is 11.2 Å². The SMILES string of the molecule is Cn1cnc2ncn(Cc3nc(C4C5CN(c6cncc(F)c6)CC54)no3)c(=O)c21. The summed E-state index contributed by atoms with van der Waals surface area (Å²) in [6, 6.07) is 1.50. The van der Waals surface area contributed by atoms with E-state index in [9.17, 15) is 9.18 Å². The van der Waals surface area contributed by atoms with Gasteiger partial charge in [0.15, 0.2) is 17.0 Å². The molecule has 2 fully saturated rings. The van der Waals surface area contributed by atoms with Crippen LogP contribution in [-0.2, 0) is 13.6 Å². The number of rotatable bonds is 4. The maximum atomic E-state index is 13.4. The number of anilines is 1. The van der Waals surface area contributed by atoms with E-state index in [1.165, 1.54) is 23.2 Å². The smallest absolute Gasteiger partial charge is 0.280 e. The molecule has 1 aliphatic carbocycles. The molecule has 2 unspecified atom stereocenters. The number of halogens is 1. The summed E-state index contributed by atoms with van der Waals surface area (Å²) < 4.78 is 21.9. The van der Waals surface area contributed by atoms with Gasteiger partial charge >= 0.3 is 0 Å². The van der Waals surface area contributed by atoms with Gasteiger partial charge in [-0.1, -0.05) is 5.16 Å². The Morgan fingerprint density at radius 3 is 2.80 bits per heavy atom. The summed E-state index contributed by atoms with van der Waals surface area (Å²) in [5.41, 5.74) is 1.43. The summed E-state index contributed by atoms with van der Waals surface area (Å²) in [4.78, 5) is 31.5. The summed E-state index contributed by atoms with van der Waals surface area (Å²) in [6.07, 6.45) is 5.89. The van der Waals surface area contributed by atoms with Gasteiger partial charge in [-0.05, 0) is 11.8 Å². The highest BCUT2D eigenvalue weighted by Gasteiger charge is 2.58. The average Bonchev–Trinajstić information content (AvgIpc) is 3.16. The molecule has 11 heteroatoms. The number of imidazole rings is 1. The monoisotopic (exact) mass is 408 g/mol. The van der Waals surface area contributed by atoms with Crippen molar-refractivity contribution < 1.29 is 8.91 Å². The summed E-state index contributed by atoms with van der Waals surface area (Å²) in [5, 5.41) is 4.14. The quantitative estimate of drug-likeness (QED) is 0.491. The Kier molecular flexibility index (Phi) is 3.55. The van der Waals surface area contributed by atoms with Gasteiger partial charge in [-0.2, -0.15) is 4.98 Å². The Balaban J connectivity index is 1.17. The molecular formula is C19H17FN8O2. The van der Waals surface area contributed by atoms with Gasteiger partial charge in [-0.15, -0.1) is 0 Å². The van der Waals surface area contributed by atoms with Gasteiger partial charge in [0.05, 0.1) is 24.4 Å². The highest BCUT2D eigenvalue weighted by atomic mass is 19.1. The van der Waals surface area contributed by atoms with Crippen molar-refractivity contribution >= 4 is 16.9 Å². The lowest BCUT2D eigenvalue weighted by Crippen LogP contribution is -2.24. The van der Waals surface area contributed by atoms with Gasteiger partial charge in [-0.25, -0.2) is 14.4 Å². The fourth-order valence-electron chi connectivity index (χ4n) is 4.49. The van der Waals surface area contributed by atoms with Gasteiger partial charge in [0, 0.05) is 32.1 Å². The molecule has 0 amide bonds. The fraction of sp³-hybridized carbons (Fsp3) is 0.368. The molecule has 30 heavy (non-hydrogen) atoms. The Bertz CT molecular complexity index is 1320. The first-order chi connectivity index (χ1) is 14.6. The largest absolute Gasteiger partial charge is 0.370 e. The lowest BCUT2D eigenvalue weighted by Gasteiger charge is -2.20. The van der Waals surface area contributed by atoms with Crippen LogP contribution in [0.15, 0.2) is 40.4 Å². The predicted molar refractivity (Wildman–Crippen MR) is 102 cm³/mol. The van der Waals surface area contributed by atoms with E-state index >= 15 is 0 Å². The molecule has 6 rings (SSSR count). The van der Waals surface area contributed by atoms with E-state index in [0.29, 0.717) is 34.7 Å². The minimum atomic E-state index is -0.332. The second-order valence-electron chi connectivity index (χ2n) is 7.87. The molecule has 0 spiro atoms. The van der Waals surface area contributed by atoms with Crippen molar-refractivity contribution in [3.8, 4) is 0 Å². The number of aromatic nitrogens is 7. The molecule has 1 saturated carbocycles. The van der Waals surface area contributed by atoms with Crippen LogP contribution in [-0.4, -0.2) is 47.3 Å². The Labute approximate surface area is 169 Å². The minimum absolute atomic E-state index is 0.156. The summed E-state index contributed by atoms with van der Waals surface area (Å²) in [5.74, 6) is 1.75. The third-order valence-electron chi connectivity index (χ3n) is 6.04. The van der Waals surface area contributed by atoms with Gasteiger partial charge in [0.2, 0.25) is 5.89 Å². The van der Waals surface area contributed by atoms with Crippen molar-refractivity contribution in [1.29, 1.82) is 0 Å². The van der Waals surface area contributed by atoms with Crippen molar-refractivity contribution in [3.63, 3.8) is 0 Å². The van der Waals surface area contributed by atoms with E-state index in [0.717, 1.165) is 18.8 Å². The van der Waals surface area contributed by atoms with Crippen molar-refractivity contribution in [2.45, 2.75) is 12.5 Å². The lowest BCUT2D eigenvalue weighted by atomic mass is 10.2. The van der Waals surface area contributed by atoms with Gasteiger partial charge in [0.1, 0.15) is 18.7 Å². The van der Waals surface area contributed by atoms with Crippen LogP contribution in [0, 0.1) is 17.7 Å². The lowest BCUT2D eigenvalue weighted by molar-refractivity contribution is 0.363. The molecule has 10 nitrogen and oxygen atoms in total. The number of aryl methyl sites for hydroxylation is 1. The zero-order valence-electron chi connectivity index (χ0n) is 16.0. The average molecular weight is 408 g/mol. The second kappa shape index (κ2) is 6.18. The normalized spacial score (nSPS) is 22.6. The zero-order valence-corrected chi connectivity index (χ0v) is 16.0. The first-order valence-electron chi connectivity index (χ1n) is 9.63. The number of hydrogen-bond acceptors (Lipinski definition) is 8. The highest BCUT2D eigenvalue weighted by molar-refractivity contribution is 5.68. The van der Waals surface area contributed by atoms with Crippen molar-refractivity contribution in [2.75, 3.05) is 18.0 Å². The van der Waals surface area contributed by atoms with Crippen LogP contribution in [0.5, 0.6) is 0 Å². The van der Waals surface area contributed by atoms with E-state index in [2.05, 4.69) is 30.0 Å². The van der Waals surface area contributed by atoms with Crippen LogP contribution >= 0.6 is 0 Å². The number of nitrogens with zero attached hydrogens (tertiary/aromatic N) is 8. The van der Waals surface area contributed by atoms with Crippen molar-refractivity contribution in [2.24, 2.45) is 18.9 Å². The van der Waals surface area contributed by atoms with Gasteiger partial charge in [-0.3, -0.25) is 14.3 Å². The first-order valence-corrected chi connectivity index (χ1v) is 9.63. The highest BCUT2D eigenvalue weighted by Crippen LogP contribution is 2.57. The number of fused-ring (bicyclic) bond motifs is 2. The van der Waals surface area contributed by atoms with Crippen molar-refractivity contribution in [1.82, 2.24) is 34.2 Å². The van der Waals surface area contributed by atoms with Crippen LogP contribution in [0.3, 0.4) is 0 Å². The summed E-state index contributed by atoms with van der Waals surface area (Å²) >= 11 is 0. The molecule has 0 aromatic carbocycles. The topological polar surface area (TPSA) is 108 Å². The van der Waals surface area contributed by atoms with E-state index in [4.69, 9.17) is 4.52 Å². The number of piperidine rings is 1. The maximum absolute atomic E-state index is 13.4. The van der Waals surface area contributed by atoms with Crippen molar-refractivity contribution in [3.05, 3.63) is 59.0 Å². The summed E-state index contributed by atoms with van der Waals surface area (Å²) in [7, 11) is 1.75. The fourth-order valence-corrected chi connectivity index (χ4v) is 4.49. The molecule has 0 bridgehead atoms. The van der Waals surface area contributed by atoms with Crippen LogP contribution in [0.1, 0.15) is 17.6 Å². The molecule has 0 radical (unpaired) electrons. The van der Waals surface area contributed by atoms with E-state index < -0.39 is 0 Å². The third-order valence-corrected chi connectivity index (χ3v) is 6.04. The third kappa shape index (κ3) is 2.61. The number of hydrogen-bond donors (Lipinski definition) is 0. The Morgan fingerprint density at radius 1 is 1.20 bits per heavy atom. The zero-order chi connectivity index (χ0) is 20.4. The molecule has 4 aromatic heterocycles. The number of pyridine rings is 1. The molecule has 5 heterocycles. The first kappa shape index (κ1) is 17.2. The maximum Gasteiger partial charge on any atom is 0.280 e. The molecule has 1 saturated heterocycles. The predicted octanol–water partition coefficient (Wildman–Crippen LogP) is 0.945. The van der Waals surface area contributed by atoms with Gasteiger partial charge < -0.3 is 14.0 Å². The van der Waals surface area contributed by atoms with E-state index in [1.807, 2.05) is 0 Å². The Morgan fingerprint density at radius 2 is 2.00 bits per heavy atom. The second-order valence-corrected chi connectivity index (χ2v) is 7.87. The molecule has 4 aromatic rings. The molecule has 1 aliphatic heterocycles. The molecule has 0 N–H and O–H groups in total. The minimum Gasteiger partial charge on any atom is -0.370 e. The summed E-state index contributed by atoms with van der Waals surface area (Å²) in [6.45, 7) is 1.78. The van der Waals surface area contributed by atoms with Gasteiger partial charge in [0.25, 0.3) is 5.56 Å². The standard InChI is InChI=1S/C19H17FN8O2/c1-26-8-22-18-16(26)19(29)28(9-23-18)7-14-24-17(25-30-14)15-12-5-27(6-13(12)15)11-2-10(20)3-21-4-11/h2-4,8-9,12-13,15H,5-7H2,1H3. The van der Waals surface area contributed by atoms with E-state index in [-0.39, 0.29) is 23.8 Å². The van der Waals surface area contributed by atoms with E-state index in [1.54, 1.807) is 24.1 Å². The molecule has 152 valence electrons. The Hall–Kier alpha value is -3.63. The van der Waals surface area contributed by atoms with Crippen LogP contribution < -0.4 is 10.5 Å². The molecule has 2 aliphatic rings. The molecular weight excluding hydrogens is 391 g/mol. The van der Waals surface area contributed by atoms with Crippen LogP contribution in [0.4, 0.5) is 10.1 Å². The molecule has 2 atom stereocenters. The van der Waals surface area contributed by atoms with Crippen LogP contribution in [0.2, 0.25) is 0 Å².